The molecule has 1 aliphatic rings. The largest absolute Gasteiger partial charge is 0.481 e. The summed E-state index contributed by atoms with van der Waals surface area (Å²) in [5, 5.41) is 11.6. The molecule has 20 heavy (non-hydrogen) atoms. The summed E-state index contributed by atoms with van der Waals surface area (Å²) in [5.41, 5.74) is 1.18. The molecule has 0 unspecified atom stereocenters. The van der Waals surface area contributed by atoms with E-state index >= 15 is 0 Å². The van der Waals surface area contributed by atoms with Gasteiger partial charge in [0.05, 0.1) is 6.42 Å². The van der Waals surface area contributed by atoms with Gasteiger partial charge in [0.25, 0.3) is 0 Å². The van der Waals surface area contributed by atoms with Gasteiger partial charge in [0.2, 0.25) is 0 Å². The number of nitrogens with one attached hydrogen (secondary N) is 1. The van der Waals surface area contributed by atoms with E-state index in [-0.39, 0.29) is 25.0 Å². The number of hydrogen-bond acceptors (Lipinski definition) is 2. The molecule has 2 rings (SSSR count). The highest BCUT2D eigenvalue weighted by atomic mass is 16.4. The summed E-state index contributed by atoms with van der Waals surface area (Å²) in [5.74, 6) is -0.868. The van der Waals surface area contributed by atoms with E-state index < -0.39 is 5.97 Å². The first-order valence-corrected chi connectivity index (χ1v) is 6.97. The van der Waals surface area contributed by atoms with Crippen LogP contribution in [0.15, 0.2) is 30.3 Å². The summed E-state index contributed by atoms with van der Waals surface area (Å²) in [6, 6.07) is 10.0. The molecular weight excluding hydrogens is 256 g/mol. The first-order valence-electron chi connectivity index (χ1n) is 6.97. The van der Waals surface area contributed by atoms with E-state index in [0.29, 0.717) is 6.54 Å². The zero-order chi connectivity index (χ0) is 14.4. The van der Waals surface area contributed by atoms with Crippen LogP contribution in [-0.4, -0.2) is 41.1 Å². The van der Waals surface area contributed by atoms with Gasteiger partial charge < -0.3 is 15.3 Å². The minimum atomic E-state index is -0.868. The number of hydrogen-bond donors (Lipinski definition) is 2. The molecule has 2 amide bonds. The third-order valence-corrected chi connectivity index (χ3v) is 3.35. The molecular formula is C15H20N2O3. The van der Waals surface area contributed by atoms with Crippen molar-refractivity contribution >= 4 is 12.0 Å². The highest BCUT2D eigenvalue weighted by molar-refractivity contribution is 5.76. The SMILES string of the molecule is O=C(O)CCN(C(=O)NCCc1ccccc1)C1CC1. The van der Waals surface area contributed by atoms with Crippen LogP contribution >= 0.6 is 0 Å². The zero-order valence-electron chi connectivity index (χ0n) is 11.4. The van der Waals surface area contributed by atoms with Crippen molar-refractivity contribution in [2.24, 2.45) is 0 Å². The van der Waals surface area contributed by atoms with E-state index in [2.05, 4.69) is 5.32 Å². The first-order chi connectivity index (χ1) is 9.66. The molecule has 5 nitrogen and oxygen atoms in total. The van der Waals surface area contributed by atoms with Gasteiger partial charge in [0.15, 0.2) is 0 Å². The van der Waals surface area contributed by atoms with Gasteiger partial charge >= 0.3 is 12.0 Å². The second-order valence-electron chi connectivity index (χ2n) is 5.04. The molecule has 0 aliphatic heterocycles. The van der Waals surface area contributed by atoms with Gasteiger partial charge in [-0.15, -0.1) is 0 Å². The van der Waals surface area contributed by atoms with Crippen LogP contribution in [0.3, 0.4) is 0 Å². The number of carboxylic acid groups (broad SMARTS) is 1. The maximum absolute atomic E-state index is 12.0. The van der Waals surface area contributed by atoms with Crippen LogP contribution in [0.2, 0.25) is 0 Å². The van der Waals surface area contributed by atoms with Gasteiger partial charge in [-0.05, 0) is 24.8 Å². The van der Waals surface area contributed by atoms with E-state index in [9.17, 15) is 9.59 Å². The highest BCUT2D eigenvalue weighted by Crippen LogP contribution is 2.26. The Kier molecular flexibility index (Phi) is 4.98. The third kappa shape index (κ3) is 4.57. The Morgan fingerprint density at radius 3 is 2.55 bits per heavy atom. The normalized spacial score (nSPS) is 13.8. The van der Waals surface area contributed by atoms with E-state index in [1.165, 1.54) is 5.56 Å². The van der Waals surface area contributed by atoms with Crippen LogP contribution in [0, 0.1) is 0 Å². The van der Waals surface area contributed by atoms with Gasteiger partial charge in [-0.2, -0.15) is 0 Å². The minimum absolute atomic E-state index is 0.00258. The lowest BCUT2D eigenvalue weighted by molar-refractivity contribution is -0.137. The first kappa shape index (κ1) is 14.4. The Morgan fingerprint density at radius 1 is 1.25 bits per heavy atom. The molecule has 108 valence electrons. The minimum Gasteiger partial charge on any atom is -0.481 e. The van der Waals surface area contributed by atoms with Crippen LogP contribution in [0.4, 0.5) is 4.79 Å². The zero-order valence-corrected chi connectivity index (χ0v) is 11.4. The molecule has 1 aromatic carbocycles. The Balaban J connectivity index is 1.75. The van der Waals surface area contributed by atoms with Crippen LogP contribution < -0.4 is 5.32 Å². The average Bonchev–Trinajstić information content (AvgIpc) is 3.24. The molecule has 0 bridgehead atoms. The lowest BCUT2D eigenvalue weighted by Crippen LogP contribution is -2.43. The van der Waals surface area contributed by atoms with Crippen molar-refractivity contribution in [2.75, 3.05) is 13.1 Å². The van der Waals surface area contributed by atoms with Crippen molar-refractivity contribution in [3.63, 3.8) is 0 Å². The van der Waals surface area contributed by atoms with Gasteiger partial charge in [0, 0.05) is 19.1 Å². The van der Waals surface area contributed by atoms with Crippen molar-refractivity contribution in [3.05, 3.63) is 35.9 Å². The second kappa shape index (κ2) is 6.93. The van der Waals surface area contributed by atoms with Crippen LogP contribution in [0.25, 0.3) is 0 Å². The molecule has 0 aromatic heterocycles. The number of amides is 2. The Labute approximate surface area is 118 Å². The number of nitrogens with zero attached hydrogens (tertiary/aromatic N) is 1. The molecule has 1 fully saturated rings. The fourth-order valence-corrected chi connectivity index (χ4v) is 2.11. The lowest BCUT2D eigenvalue weighted by Gasteiger charge is -2.22. The van der Waals surface area contributed by atoms with E-state index in [1.54, 1.807) is 4.90 Å². The number of carboxylic acids is 1. The highest BCUT2D eigenvalue weighted by Gasteiger charge is 2.32. The molecule has 0 heterocycles. The predicted molar refractivity (Wildman–Crippen MR) is 75.5 cm³/mol. The molecule has 1 aromatic rings. The van der Waals surface area contributed by atoms with Crippen LogP contribution in [0.5, 0.6) is 0 Å². The fraction of sp³-hybridized carbons (Fsp3) is 0.467. The number of benzene rings is 1. The average molecular weight is 276 g/mol. The quantitative estimate of drug-likeness (QED) is 0.799. The summed E-state index contributed by atoms with van der Waals surface area (Å²) < 4.78 is 0. The summed E-state index contributed by atoms with van der Waals surface area (Å²) in [4.78, 5) is 24.3. The van der Waals surface area contributed by atoms with Crippen molar-refractivity contribution in [1.29, 1.82) is 0 Å². The topological polar surface area (TPSA) is 69.6 Å². The number of carbonyl (C=O) groups excluding carboxylic acids is 1. The van der Waals surface area contributed by atoms with Crippen LogP contribution in [-0.2, 0) is 11.2 Å². The second-order valence-corrected chi connectivity index (χ2v) is 5.04. The van der Waals surface area contributed by atoms with Gasteiger partial charge in [-0.1, -0.05) is 30.3 Å². The summed E-state index contributed by atoms with van der Waals surface area (Å²) >= 11 is 0. The molecule has 0 spiro atoms. The van der Waals surface area contributed by atoms with E-state index in [4.69, 9.17) is 5.11 Å². The molecule has 0 atom stereocenters. The Morgan fingerprint density at radius 2 is 1.95 bits per heavy atom. The number of urea groups is 1. The molecule has 0 saturated heterocycles. The standard InChI is InChI=1S/C15H20N2O3/c18-14(19)9-11-17(13-6-7-13)15(20)16-10-8-12-4-2-1-3-5-12/h1-5,13H,6-11H2,(H,16,20)(H,18,19). The number of aliphatic carboxylic acids is 1. The summed E-state index contributed by atoms with van der Waals surface area (Å²) in [6.45, 7) is 0.857. The van der Waals surface area contributed by atoms with Gasteiger partial charge in [0.1, 0.15) is 0 Å². The fourth-order valence-electron chi connectivity index (χ4n) is 2.11. The Hall–Kier alpha value is -2.04. The van der Waals surface area contributed by atoms with Crippen molar-refractivity contribution in [3.8, 4) is 0 Å². The maximum Gasteiger partial charge on any atom is 0.317 e. The van der Waals surface area contributed by atoms with E-state index in [0.717, 1.165) is 19.3 Å². The lowest BCUT2D eigenvalue weighted by atomic mass is 10.1. The van der Waals surface area contributed by atoms with Crippen molar-refractivity contribution in [1.82, 2.24) is 10.2 Å². The molecule has 5 heteroatoms. The third-order valence-electron chi connectivity index (χ3n) is 3.35. The molecule has 0 radical (unpaired) electrons. The van der Waals surface area contributed by atoms with Gasteiger partial charge in [-0.3, -0.25) is 4.79 Å². The number of carbonyl (C=O) groups is 2. The molecule has 2 N–H and O–H groups in total. The molecule has 1 saturated carbocycles. The monoisotopic (exact) mass is 276 g/mol. The maximum atomic E-state index is 12.0. The van der Waals surface area contributed by atoms with Crippen LogP contribution in [0.1, 0.15) is 24.8 Å². The van der Waals surface area contributed by atoms with Gasteiger partial charge in [-0.25, -0.2) is 4.79 Å². The Bertz CT molecular complexity index is 457. The predicted octanol–water partition coefficient (Wildman–Crippen LogP) is 1.88. The smallest absolute Gasteiger partial charge is 0.317 e. The summed E-state index contributed by atoms with van der Waals surface area (Å²) in [6.07, 6.45) is 2.74. The summed E-state index contributed by atoms with van der Waals surface area (Å²) in [7, 11) is 0. The number of rotatable bonds is 7. The van der Waals surface area contributed by atoms with E-state index in [1.807, 2.05) is 30.3 Å². The van der Waals surface area contributed by atoms with Crippen molar-refractivity contribution < 1.29 is 14.7 Å². The molecule has 1 aliphatic carbocycles. The van der Waals surface area contributed by atoms with Crippen molar-refractivity contribution in [2.45, 2.75) is 31.7 Å².